The van der Waals surface area contributed by atoms with Crippen LogP contribution in [0.1, 0.15) is 27.7 Å². The molecule has 2 aromatic rings. The highest BCUT2D eigenvalue weighted by Gasteiger charge is 2.52. The smallest absolute Gasteiger partial charge is 0.399 e. The molecule has 3 rings (SSSR count). The Morgan fingerprint density at radius 1 is 1.00 bits per heavy atom. The number of benzene rings is 1. The predicted molar refractivity (Wildman–Crippen MR) is 77.5 cm³/mol. The van der Waals surface area contributed by atoms with Crippen LogP contribution in [0.3, 0.4) is 0 Å². The van der Waals surface area contributed by atoms with Gasteiger partial charge < -0.3 is 9.31 Å². The van der Waals surface area contributed by atoms with Gasteiger partial charge in [0.1, 0.15) is 0 Å². The van der Waals surface area contributed by atoms with Gasteiger partial charge in [0.25, 0.3) is 0 Å². The Labute approximate surface area is 112 Å². The zero-order valence-corrected chi connectivity index (χ0v) is 12.0. The van der Waals surface area contributed by atoms with E-state index in [1.807, 2.05) is 0 Å². The molecule has 0 N–H and O–H groups in total. The van der Waals surface area contributed by atoms with Gasteiger partial charge in [0.2, 0.25) is 0 Å². The van der Waals surface area contributed by atoms with Crippen LogP contribution in [0.5, 0.6) is 0 Å². The average molecular weight is 260 g/mol. The van der Waals surface area contributed by atoms with E-state index in [1.54, 1.807) is 11.3 Å². The summed E-state index contributed by atoms with van der Waals surface area (Å²) in [7, 11) is -0.270. The summed E-state index contributed by atoms with van der Waals surface area (Å²) in [5.41, 5.74) is 0.568. The van der Waals surface area contributed by atoms with Gasteiger partial charge in [-0.3, -0.25) is 0 Å². The summed E-state index contributed by atoms with van der Waals surface area (Å²) >= 11 is 1.71. The van der Waals surface area contributed by atoms with Gasteiger partial charge in [0.15, 0.2) is 0 Å². The zero-order chi connectivity index (χ0) is 13.0. The average Bonchev–Trinajstić information content (AvgIpc) is 2.81. The molecule has 0 radical (unpaired) electrons. The minimum Gasteiger partial charge on any atom is -0.399 e. The van der Waals surface area contributed by atoms with Crippen molar-refractivity contribution in [2.45, 2.75) is 38.9 Å². The summed E-state index contributed by atoms with van der Waals surface area (Å²) in [5.74, 6) is 0. The maximum atomic E-state index is 6.11. The third-order valence-corrected chi connectivity index (χ3v) is 4.82. The van der Waals surface area contributed by atoms with Crippen LogP contribution >= 0.6 is 11.3 Å². The largest absolute Gasteiger partial charge is 0.495 e. The van der Waals surface area contributed by atoms with Gasteiger partial charge in [-0.15, -0.1) is 0 Å². The Morgan fingerprint density at radius 3 is 2.33 bits per heavy atom. The van der Waals surface area contributed by atoms with E-state index >= 15 is 0 Å². The predicted octanol–water partition coefficient (Wildman–Crippen LogP) is 3.20. The number of fused-ring (bicyclic) bond motifs is 1. The van der Waals surface area contributed by atoms with Gasteiger partial charge in [0, 0.05) is 0 Å². The highest BCUT2D eigenvalue weighted by Crippen LogP contribution is 2.37. The Morgan fingerprint density at radius 2 is 1.67 bits per heavy atom. The summed E-state index contributed by atoms with van der Waals surface area (Å²) in [4.78, 5) is 0. The van der Waals surface area contributed by atoms with E-state index in [0.29, 0.717) is 0 Å². The first kappa shape index (κ1) is 12.2. The number of rotatable bonds is 1. The van der Waals surface area contributed by atoms with Crippen molar-refractivity contribution in [3.8, 4) is 0 Å². The van der Waals surface area contributed by atoms with Crippen molar-refractivity contribution in [1.29, 1.82) is 0 Å². The van der Waals surface area contributed by atoms with E-state index in [-0.39, 0.29) is 18.3 Å². The number of hydrogen-bond donors (Lipinski definition) is 0. The SMILES string of the molecule is CC1(C)OB(c2cccc3cscc23)OC1(C)C. The van der Waals surface area contributed by atoms with Crippen molar-refractivity contribution in [3.05, 3.63) is 29.0 Å². The lowest BCUT2D eigenvalue weighted by atomic mass is 9.77. The molecule has 4 heteroatoms. The van der Waals surface area contributed by atoms with Crippen LogP contribution in [-0.4, -0.2) is 18.3 Å². The Hall–Kier alpha value is -0.835. The summed E-state index contributed by atoms with van der Waals surface area (Å²) in [6.45, 7) is 8.34. The first-order chi connectivity index (χ1) is 8.41. The van der Waals surface area contributed by atoms with E-state index in [4.69, 9.17) is 9.31 Å². The molecule has 2 nitrogen and oxygen atoms in total. The van der Waals surface area contributed by atoms with Crippen molar-refractivity contribution in [1.82, 2.24) is 0 Å². The molecular weight excluding hydrogens is 243 g/mol. The second-order valence-electron chi connectivity index (χ2n) is 5.81. The molecule has 1 aromatic carbocycles. The standard InChI is InChI=1S/C14H17BO2S/c1-13(2)14(3,4)17-15(16-13)12-7-5-6-10-8-18-9-11(10)12/h5-9H,1-4H3. The molecule has 0 spiro atoms. The van der Waals surface area contributed by atoms with E-state index in [2.05, 4.69) is 56.7 Å². The molecular formula is C14H17BO2S. The molecule has 2 heterocycles. The first-order valence-corrected chi connectivity index (χ1v) is 7.15. The van der Waals surface area contributed by atoms with Crippen LogP contribution in [0, 0.1) is 0 Å². The van der Waals surface area contributed by atoms with E-state index in [1.165, 1.54) is 10.8 Å². The Kier molecular flexibility index (Phi) is 2.60. The molecule has 0 aliphatic carbocycles. The molecule has 1 aliphatic rings. The van der Waals surface area contributed by atoms with E-state index in [9.17, 15) is 0 Å². The molecule has 0 amide bonds. The quantitative estimate of drug-likeness (QED) is 0.733. The van der Waals surface area contributed by atoms with Gasteiger partial charge in [-0.1, -0.05) is 18.2 Å². The van der Waals surface area contributed by atoms with Crippen molar-refractivity contribution in [3.63, 3.8) is 0 Å². The monoisotopic (exact) mass is 260 g/mol. The van der Waals surface area contributed by atoms with Crippen LogP contribution in [0.15, 0.2) is 29.0 Å². The minimum absolute atomic E-state index is 0.270. The summed E-state index contributed by atoms with van der Waals surface area (Å²) in [6, 6.07) is 6.28. The van der Waals surface area contributed by atoms with Gasteiger partial charge in [0.05, 0.1) is 11.2 Å². The lowest BCUT2D eigenvalue weighted by Crippen LogP contribution is -2.41. The fraction of sp³-hybridized carbons (Fsp3) is 0.429. The molecule has 0 unspecified atom stereocenters. The summed E-state index contributed by atoms with van der Waals surface area (Å²) in [6.07, 6.45) is 0. The van der Waals surface area contributed by atoms with E-state index in [0.717, 1.165) is 5.46 Å². The third-order valence-electron chi connectivity index (χ3n) is 4.06. The fourth-order valence-electron chi connectivity index (χ4n) is 2.19. The van der Waals surface area contributed by atoms with Crippen molar-refractivity contribution in [2.75, 3.05) is 0 Å². The minimum atomic E-state index is -0.282. The summed E-state index contributed by atoms with van der Waals surface area (Å²) in [5, 5.41) is 6.81. The lowest BCUT2D eigenvalue weighted by Gasteiger charge is -2.32. The van der Waals surface area contributed by atoms with Crippen molar-refractivity contribution >= 4 is 34.7 Å². The number of hydrogen-bond acceptors (Lipinski definition) is 3. The van der Waals surface area contributed by atoms with Crippen LogP contribution < -0.4 is 5.46 Å². The maximum absolute atomic E-state index is 6.11. The lowest BCUT2D eigenvalue weighted by molar-refractivity contribution is 0.00578. The highest BCUT2D eigenvalue weighted by molar-refractivity contribution is 7.09. The maximum Gasteiger partial charge on any atom is 0.495 e. The molecule has 0 atom stereocenters. The molecule has 1 fully saturated rings. The van der Waals surface area contributed by atoms with Crippen LogP contribution in [0.2, 0.25) is 0 Å². The Bertz CT molecular complexity index is 572. The molecule has 1 aliphatic heterocycles. The van der Waals surface area contributed by atoms with Crippen LogP contribution in [0.4, 0.5) is 0 Å². The summed E-state index contributed by atoms with van der Waals surface area (Å²) < 4.78 is 12.2. The second kappa shape index (κ2) is 3.83. The molecule has 0 saturated carbocycles. The van der Waals surface area contributed by atoms with Crippen molar-refractivity contribution in [2.24, 2.45) is 0 Å². The van der Waals surface area contributed by atoms with Gasteiger partial charge in [-0.2, -0.15) is 11.3 Å². The fourth-order valence-corrected chi connectivity index (χ4v) is 3.02. The molecule has 18 heavy (non-hydrogen) atoms. The molecule has 1 aromatic heterocycles. The van der Waals surface area contributed by atoms with E-state index < -0.39 is 0 Å². The zero-order valence-electron chi connectivity index (χ0n) is 11.2. The first-order valence-electron chi connectivity index (χ1n) is 6.21. The highest BCUT2D eigenvalue weighted by atomic mass is 32.1. The van der Waals surface area contributed by atoms with Crippen molar-refractivity contribution < 1.29 is 9.31 Å². The molecule has 94 valence electrons. The van der Waals surface area contributed by atoms with Crippen LogP contribution in [-0.2, 0) is 9.31 Å². The molecule has 1 saturated heterocycles. The van der Waals surface area contributed by atoms with Crippen LogP contribution in [0.25, 0.3) is 10.8 Å². The third kappa shape index (κ3) is 1.71. The van der Waals surface area contributed by atoms with Gasteiger partial charge in [-0.25, -0.2) is 0 Å². The molecule has 0 bridgehead atoms. The second-order valence-corrected chi connectivity index (χ2v) is 6.55. The Balaban J connectivity index is 2.05. The normalized spacial score (nSPS) is 21.7. The topological polar surface area (TPSA) is 18.5 Å². The van der Waals surface area contributed by atoms with Gasteiger partial charge >= 0.3 is 7.12 Å². The number of thiophene rings is 1. The van der Waals surface area contributed by atoms with Gasteiger partial charge in [-0.05, 0) is 54.7 Å².